The summed E-state index contributed by atoms with van der Waals surface area (Å²) < 4.78 is 50.2. The normalized spacial score (nSPS) is 15.5. The molecule has 0 aliphatic carbocycles. The molecule has 0 unspecified atom stereocenters. The van der Waals surface area contributed by atoms with Crippen molar-refractivity contribution in [2.45, 2.75) is 6.18 Å². The second-order valence-corrected chi connectivity index (χ2v) is 6.95. The van der Waals surface area contributed by atoms with Crippen molar-refractivity contribution in [3.05, 3.63) is 87.7 Å². The van der Waals surface area contributed by atoms with Crippen molar-refractivity contribution < 1.29 is 27.1 Å². The van der Waals surface area contributed by atoms with Crippen LogP contribution in [0.15, 0.2) is 80.2 Å². The van der Waals surface area contributed by atoms with Crippen LogP contribution in [0.1, 0.15) is 16.9 Å². The lowest BCUT2D eigenvalue weighted by Gasteiger charge is -2.07. The minimum Gasteiger partial charge on any atom is -0.457 e. The Morgan fingerprint density at radius 1 is 1.00 bits per heavy atom. The van der Waals surface area contributed by atoms with Crippen LogP contribution in [0.2, 0.25) is 0 Å². The lowest BCUT2D eigenvalue weighted by molar-refractivity contribution is -0.137. The molecule has 0 saturated carbocycles. The summed E-state index contributed by atoms with van der Waals surface area (Å²) in [6, 6.07) is 15.0. The molecule has 1 aliphatic rings. The van der Waals surface area contributed by atoms with Crippen LogP contribution in [0.3, 0.4) is 0 Å². The summed E-state index contributed by atoms with van der Waals surface area (Å²) in [6.07, 6.45) is -3.07. The minimum atomic E-state index is -4.45. The number of hydrogen-bond donors (Lipinski definition) is 0. The van der Waals surface area contributed by atoms with Gasteiger partial charge >= 0.3 is 12.1 Å². The third-order valence-electron chi connectivity index (χ3n) is 4.10. The van der Waals surface area contributed by atoms with Crippen LogP contribution in [0.25, 0.3) is 17.4 Å². The van der Waals surface area contributed by atoms with Gasteiger partial charge in [0.25, 0.3) is 0 Å². The maximum atomic E-state index is 12.9. The highest BCUT2D eigenvalue weighted by Crippen LogP contribution is 2.33. The zero-order chi connectivity index (χ0) is 20.6. The largest absolute Gasteiger partial charge is 0.457 e. The van der Waals surface area contributed by atoms with Crippen molar-refractivity contribution in [2.24, 2.45) is 4.99 Å². The van der Waals surface area contributed by atoms with Gasteiger partial charge in [-0.2, -0.15) is 13.2 Å². The molecular formula is C21H11BrF3NO3. The predicted molar refractivity (Wildman–Crippen MR) is 104 cm³/mol. The Morgan fingerprint density at radius 3 is 2.55 bits per heavy atom. The molecule has 0 fully saturated rings. The van der Waals surface area contributed by atoms with Gasteiger partial charge in [0.2, 0.25) is 5.90 Å². The van der Waals surface area contributed by atoms with E-state index in [4.69, 9.17) is 9.15 Å². The van der Waals surface area contributed by atoms with Crippen LogP contribution < -0.4 is 0 Å². The molecule has 0 bridgehead atoms. The molecule has 29 heavy (non-hydrogen) atoms. The molecule has 4 nitrogen and oxygen atoms in total. The van der Waals surface area contributed by atoms with Gasteiger partial charge in [-0.25, -0.2) is 9.79 Å². The Bertz CT molecular complexity index is 1160. The molecule has 0 N–H and O–H groups in total. The highest BCUT2D eigenvalue weighted by atomic mass is 79.9. The van der Waals surface area contributed by atoms with E-state index in [1.54, 1.807) is 24.3 Å². The molecule has 8 heteroatoms. The quantitative estimate of drug-likeness (QED) is 0.351. The fraction of sp³-hybridized carbons (Fsp3) is 0.0476. The number of benzene rings is 2. The number of halogens is 4. The fourth-order valence-corrected chi connectivity index (χ4v) is 3.18. The summed E-state index contributed by atoms with van der Waals surface area (Å²) in [5.74, 6) is 0.0111. The van der Waals surface area contributed by atoms with Crippen molar-refractivity contribution in [1.29, 1.82) is 0 Å². The van der Waals surface area contributed by atoms with E-state index in [-0.39, 0.29) is 28.7 Å². The number of esters is 1. The summed E-state index contributed by atoms with van der Waals surface area (Å²) in [6.45, 7) is 0. The maximum Gasteiger partial charge on any atom is 0.416 e. The molecule has 0 amide bonds. The van der Waals surface area contributed by atoms with E-state index >= 15 is 0 Å². The number of aliphatic imine (C=N–C) groups is 1. The average molecular weight is 462 g/mol. The van der Waals surface area contributed by atoms with Crippen molar-refractivity contribution in [2.75, 3.05) is 0 Å². The maximum absolute atomic E-state index is 12.9. The first-order valence-electron chi connectivity index (χ1n) is 8.36. The Morgan fingerprint density at radius 2 is 1.79 bits per heavy atom. The van der Waals surface area contributed by atoms with Gasteiger partial charge in [0, 0.05) is 16.1 Å². The SMILES string of the molecule is O=C1OC(c2ccccc2Br)=N/C1=C/c1ccc(-c2cccc(C(F)(F)F)c2)o1. The van der Waals surface area contributed by atoms with Gasteiger partial charge in [-0.3, -0.25) is 0 Å². The van der Waals surface area contributed by atoms with Crippen molar-refractivity contribution in [1.82, 2.24) is 0 Å². The molecule has 4 rings (SSSR count). The summed E-state index contributed by atoms with van der Waals surface area (Å²) in [5, 5.41) is 0. The number of alkyl halides is 3. The van der Waals surface area contributed by atoms with Gasteiger partial charge < -0.3 is 9.15 Å². The van der Waals surface area contributed by atoms with Crippen molar-refractivity contribution in [3.63, 3.8) is 0 Å². The zero-order valence-corrected chi connectivity index (χ0v) is 16.1. The van der Waals surface area contributed by atoms with Gasteiger partial charge in [0.1, 0.15) is 11.5 Å². The van der Waals surface area contributed by atoms with E-state index in [2.05, 4.69) is 20.9 Å². The van der Waals surface area contributed by atoms with E-state index in [0.717, 1.165) is 16.6 Å². The number of carbonyl (C=O) groups is 1. The molecule has 146 valence electrons. The lowest BCUT2D eigenvalue weighted by Crippen LogP contribution is -2.05. The topological polar surface area (TPSA) is 51.8 Å². The molecular weight excluding hydrogens is 451 g/mol. The molecule has 1 aromatic heterocycles. The zero-order valence-electron chi connectivity index (χ0n) is 14.5. The summed E-state index contributed by atoms with van der Waals surface area (Å²) >= 11 is 3.37. The minimum absolute atomic E-state index is 0.0284. The number of furan rings is 1. The molecule has 0 radical (unpaired) electrons. The van der Waals surface area contributed by atoms with E-state index < -0.39 is 17.7 Å². The van der Waals surface area contributed by atoms with Crippen LogP contribution in [0.4, 0.5) is 13.2 Å². The van der Waals surface area contributed by atoms with Crippen LogP contribution in [-0.2, 0) is 15.7 Å². The number of hydrogen-bond acceptors (Lipinski definition) is 4. The highest BCUT2D eigenvalue weighted by molar-refractivity contribution is 9.10. The number of cyclic esters (lactones) is 1. The van der Waals surface area contributed by atoms with Crippen LogP contribution in [-0.4, -0.2) is 11.9 Å². The standard InChI is InChI=1S/C21H11BrF3NO3/c22-16-7-2-1-6-15(16)19-26-17(20(27)29-19)11-14-8-9-18(28-14)12-4-3-5-13(10-12)21(23,24)25/h1-11H/b17-11+. The monoisotopic (exact) mass is 461 g/mol. The Kier molecular flexibility index (Phi) is 4.87. The third-order valence-corrected chi connectivity index (χ3v) is 4.80. The van der Waals surface area contributed by atoms with Gasteiger partial charge in [0.15, 0.2) is 5.70 Å². The molecule has 1 aliphatic heterocycles. The first-order valence-corrected chi connectivity index (χ1v) is 9.15. The van der Waals surface area contributed by atoms with Crippen LogP contribution in [0.5, 0.6) is 0 Å². The van der Waals surface area contributed by atoms with Crippen LogP contribution >= 0.6 is 15.9 Å². The van der Waals surface area contributed by atoms with Crippen molar-refractivity contribution >= 4 is 33.9 Å². The highest BCUT2D eigenvalue weighted by Gasteiger charge is 2.30. The summed E-state index contributed by atoms with van der Waals surface area (Å²) in [4.78, 5) is 16.3. The van der Waals surface area contributed by atoms with Gasteiger partial charge in [0.05, 0.1) is 11.1 Å². The first kappa shape index (κ1) is 19.2. The van der Waals surface area contributed by atoms with Gasteiger partial charge in [-0.15, -0.1) is 0 Å². The second kappa shape index (κ2) is 7.36. The Labute approximate surface area is 171 Å². The second-order valence-electron chi connectivity index (χ2n) is 6.10. The molecule has 0 spiro atoms. The van der Waals surface area contributed by atoms with Gasteiger partial charge in [-0.05, 0) is 52.3 Å². The van der Waals surface area contributed by atoms with E-state index in [1.165, 1.54) is 24.3 Å². The smallest absolute Gasteiger partial charge is 0.416 e. The number of nitrogens with zero attached hydrogens (tertiary/aromatic N) is 1. The fourth-order valence-electron chi connectivity index (χ4n) is 2.73. The number of rotatable bonds is 3. The molecule has 0 atom stereocenters. The first-order chi connectivity index (χ1) is 13.8. The molecule has 3 aromatic rings. The van der Waals surface area contributed by atoms with E-state index in [1.807, 2.05) is 6.07 Å². The number of carbonyl (C=O) groups excluding carboxylic acids is 1. The average Bonchev–Trinajstić information content (AvgIpc) is 3.29. The Hall–Kier alpha value is -3.13. The Balaban J connectivity index is 1.63. The molecule has 2 heterocycles. The third kappa shape index (κ3) is 4.02. The van der Waals surface area contributed by atoms with Crippen molar-refractivity contribution in [3.8, 4) is 11.3 Å². The van der Waals surface area contributed by atoms with Crippen LogP contribution in [0, 0.1) is 0 Å². The predicted octanol–water partition coefficient (Wildman–Crippen LogP) is 6.07. The summed E-state index contributed by atoms with van der Waals surface area (Å²) in [7, 11) is 0. The lowest BCUT2D eigenvalue weighted by atomic mass is 10.1. The molecule has 0 saturated heterocycles. The summed E-state index contributed by atoms with van der Waals surface area (Å²) in [5.41, 5.74) is 0.151. The van der Waals surface area contributed by atoms with E-state index in [0.29, 0.717) is 5.56 Å². The molecule has 2 aromatic carbocycles. The number of ether oxygens (including phenoxy) is 1. The van der Waals surface area contributed by atoms with Gasteiger partial charge in [-0.1, -0.05) is 24.3 Å². The van der Waals surface area contributed by atoms with E-state index in [9.17, 15) is 18.0 Å².